The molecule has 0 atom stereocenters. The van der Waals surface area contributed by atoms with Crippen molar-refractivity contribution in [3.8, 4) is 5.75 Å². The van der Waals surface area contributed by atoms with Gasteiger partial charge in [0.05, 0.1) is 0 Å². The number of benzene rings is 2. The quantitative estimate of drug-likeness (QED) is 0.391. The summed E-state index contributed by atoms with van der Waals surface area (Å²) in [7, 11) is 0. The van der Waals surface area contributed by atoms with Crippen molar-refractivity contribution in [2.75, 3.05) is 0 Å². The average molecular weight is 278 g/mol. The molecule has 0 unspecified atom stereocenters. The third-order valence-electron chi connectivity index (χ3n) is 2.64. The van der Waals surface area contributed by atoms with Gasteiger partial charge in [-0.3, -0.25) is 0 Å². The number of amidine groups is 1. The monoisotopic (exact) mass is 278 g/mol. The Kier molecular flexibility index (Phi) is 4.14. The minimum atomic E-state index is -0.629. The van der Waals surface area contributed by atoms with E-state index in [1.54, 1.807) is 12.1 Å². The first-order valence-corrected chi connectivity index (χ1v) is 5.75. The highest BCUT2D eigenvalue weighted by molar-refractivity contribution is 5.97. The third kappa shape index (κ3) is 3.23. The van der Waals surface area contributed by atoms with Crippen LogP contribution in [-0.4, -0.2) is 11.0 Å². The topological polar surface area (TPSA) is 67.8 Å². The maximum atomic E-state index is 13.7. The lowest BCUT2D eigenvalue weighted by molar-refractivity contribution is 0.290. The molecule has 2 rings (SSSR count). The maximum Gasteiger partial charge on any atom is 0.170 e. The van der Waals surface area contributed by atoms with E-state index in [-0.39, 0.29) is 29.6 Å². The van der Waals surface area contributed by atoms with E-state index in [4.69, 9.17) is 15.7 Å². The summed E-state index contributed by atoms with van der Waals surface area (Å²) in [5, 5.41) is 11.3. The van der Waals surface area contributed by atoms with Crippen molar-refractivity contribution in [2.24, 2.45) is 10.9 Å². The molecule has 2 aromatic rings. The predicted octanol–water partition coefficient (Wildman–Crippen LogP) is 2.64. The Hall–Kier alpha value is -2.63. The first-order valence-electron chi connectivity index (χ1n) is 5.75. The van der Waals surface area contributed by atoms with Gasteiger partial charge in [-0.15, -0.1) is 0 Å². The molecule has 0 fully saturated rings. The van der Waals surface area contributed by atoms with Crippen LogP contribution < -0.4 is 10.5 Å². The summed E-state index contributed by atoms with van der Waals surface area (Å²) in [5.41, 5.74) is 6.31. The summed E-state index contributed by atoms with van der Waals surface area (Å²) in [6.45, 7) is 0.111. The second kappa shape index (κ2) is 6.01. The van der Waals surface area contributed by atoms with E-state index in [0.717, 1.165) is 6.07 Å². The van der Waals surface area contributed by atoms with Gasteiger partial charge in [-0.25, -0.2) is 8.78 Å². The summed E-state index contributed by atoms with van der Waals surface area (Å²) in [4.78, 5) is 0. The Bertz CT molecular complexity index is 628. The van der Waals surface area contributed by atoms with E-state index in [1.807, 2.05) is 0 Å². The van der Waals surface area contributed by atoms with Crippen LogP contribution in [0.3, 0.4) is 0 Å². The molecule has 0 saturated heterocycles. The van der Waals surface area contributed by atoms with Crippen LogP contribution in [0.4, 0.5) is 8.78 Å². The van der Waals surface area contributed by atoms with Crippen LogP contribution in [0.25, 0.3) is 0 Å². The van der Waals surface area contributed by atoms with Crippen molar-refractivity contribution in [3.05, 3.63) is 65.2 Å². The molecule has 0 spiro atoms. The summed E-state index contributed by atoms with van der Waals surface area (Å²) in [6, 6.07) is 9.67. The lowest BCUT2D eigenvalue weighted by Crippen LogP contribution is -2.13. The first-order chi connectivity index (χ1) is 9.60. The van der Waals surface area contributed by atoms with E-state index in [2.05, 4.69) is 5.16 Å². The zero-order chi connectivity index (χ0) is 14.5. The van der Waals surface area contributed by atoms with Gasteiger partial charge in [0, 0.05) is 5.56 Å². The normalized spacial score (nSPS) is 11.4. The van der Waals surface area contributed by atoms with Crippen LogP contribution >= 0.6 is 0 Å². The second-order valence-corrected chi connectivity index (χ2v) is 4.05. The van der Waals surface area contributed by atoms with Crippen molar-refractivity contribution >= 4 is 5.84 Å². The molecule has 4 nitrogen and oxygen atoms in total. The van der Waals surface area contributed by atoms with Gasteiger partial charge in [-0.1, -0.05) is 17.3 Å². The molecule has 0 aromatic heterocycles. The molecule has 2 aromatic carbocycles. The Morgan fingerprint density at radius 3 is 2.45 bits per heavy atom. The summed E-state index contributed by atoms with van der Waals surface area (Å²) >= 11 is 0. The summed E-state index contributed by atoms with van der Waals surface area (Å²) in [6.07, 6.45) is 0. The molecule has 0 amide bonds. The van der Waals surface area contributed by atoms with Gasteiger partial charge in [0.15, 0.2) is 17.4 Å². The van der Waals surface area contributed by atoms with Crippen molar-refractivity contribution in [3.63, 3.8) is 0 Å². The minimum Gasteiger partial charge on any atom is -0.486 e. The molecule has 0 radical (unpaired) electrons. The van der Waals surface area contributed by atoms with Gasteiger partial charge in [0.25, 0.3) is 0 Å². The molecule has 20 heavy (non-hydrogen) atoms. The fourth-order valence-corrected chi connectivity index (χ4v) is 1.58. The lowest BCUT2D eigenvalue weighted by atomic mass is 10.2. The molecule has 0 aliphatic rings. The first kappa shape index (κ1) is 13.8. The smallest absolute Gasteiger partial charge is 0.170 e. The largest absolute Gasteiger partial charge is 0.486 e. The molecule has 3 N–H and O–H groups in total. The van der Waals surface area contributed by atoms with Crippen LogP contribution in [0, 0.1) is 11.6 Å². The minimum absolute atomic E-state index is 0.0313. The molecule has 0 heterocycles. The van der Waals surface area contributed by atoms with Crippen molar-refractivity contribution in [2.45, 2.75) is 6.61 Å². The highest BCUT2D eigenvalue weighted by atomic mass is 19.1. The average Bonchev–Trinajstić information content (AvgIpc) is 2.46. The summed E-state index contributed by atoms with van der Waals surface area (Å²) in [5.74, 6) is -1.13. The number of oxime groups is 1. The Morgan fingerprint density at radius 2 is 1.85 bits per heavy atom. The maximum absolute atomic E-state index is 13.7. The fourth-order valence-electron chi connectivity index (χ4n) is 1.58. The van der Waals surface area contributed by atoms with Crippen molar-refractivity contribution < 1.29 is 18.7 Å². The number of rotatable bonds is 4. The van der Waals surface area contributed by atoms with Crippen LogP contribution in [-0.2, 0) is 6.61 Å². The number of hydrogen-bond acceptors (Lipinski definition) is 3. The van der Waals surface area contributed by atoms with Crippen molar-refractivity contribution in [1.29, 1.82) is 0 Å². The SMILES string of the molecule is N/C(=N/O)c1ccc(OCc2ccc(F)cc2)c(F)c1. The number of nitrogens with two attached hydrogens (primary N) is 1. The molecule has 0 aliphatic heterocycles. The van der Waals surface area contributed by atoms with Crippen LogP contribution in [0.1, 0.15) is 11.1 Å². The third-order valence-corrected chi connectivity index (χ3v) is 2.64. The second-order valence-electron chi connectivity index (χ2n) is 4.05. The van der Waals surface area contributed by atoms with Gasteiger partial charge in [-0.05, 0) is 35.9 Å². The Balaban J connectivity index is 2.08. The van der Waals surface area contributed by atoms with E-state index in [0.29, 0.717) is 5.56 Å². The van der Waals surface area contributed by atoms with Crippen LogP contribution in [0.5, 0.6) is 5.75 Å². The Labute approximate surface area is 114 Å². The lowest BCUT2D eigenvalue weighted by Gasteiger charge is -2.08. The van der Waals surface area contributed by atoms with Gasteiger partial charge < -0.3 is 15.7 Å². The molecule has 6 heteroatoms. The number of ether oxygens (including phenoxy) is 1. The molecule has 0 saturated carbocycles. The van der Waals surface area contributed by atoms with Crippen LogP contribution in [0.15, 0.2) is 47.6 Å². The molecule has 104 valence electrons. The predicted molar refractivity (Wildman–Crippen MR) is 69.6 cm³/mol. The molecule has 0 aliphatic carbocycles. The van der Waals surface area contributed by atoms with Gasteiger partial charge >= 0.3 is 0 Å². The fraction of sp³-hybridized carbons (Fsp3) is 0.0714. The molecular formula is C14H12F2N2O2. The summed E-state index contributed by atoms with van der Waals surface area (Å²) < 4.78 is 31.8. The number of halogens is 2. The molecular weight excluding hydrogens is 266 g/mol. The highest BCUT2D eigenvalue weighted by Crippen LogP contribution is 2.19. The van der Waals surface area contributed by atoms with Gasteiger partial charge in [0.2, 0.25) is 0 Å². The zero-order valence-corrected chi connectivity index (χ0v) is 10.4. The van der Waals surface area contributed by atoms with E-state index in [1.165, 1.54) is 24.3 Å². The van der Waals surface area contributed by atoms with Gasteiger partial charge in [0.1, 0.15) is 12.4 Å². The number of nitrogens with zero attached hydrogens (tertiary/aromatic N) is 1. The number of hydrogen-bond donors (Lipinski definition) is 2. The van der Waals surface area contributed by atoms with Gasteiger partial charge in [-0.2, -0.15) is 0 Å². The van der Waals surface area contributed by atoms with E-state index >= 15 is 0 Å². The zero-order valence-electron chi connectivity index (χ0n) is 10.4. The van der Waals surface area contributed by atoms with E-state index < -0.39 is 5.82 Å². The highest BCUT2D eigenvalue weighted by Gasteiger charge is 2.07. The van der Waals surface area contributed by atoms with E-state index in [9.17, 15) is 8.78 Å². The van der Waals surface area contributed by atoms with Crippen molar-refractivity contribution in [1.82, 2.24) is 0 Å². The molecule has 0 bridgehead atoms. The Morgan fingerprint density at radius 1 is 1.15 bits per heavy atom. The standard InChI is InChI=1S/C14H12F2N2O2/c15-11-4-1-9(2-5-11)8-20-13-6-3-10(7-12(13)16)14(17)18-19/h1-7,19H,8H2,(H2,17,18). The van der Waals surface area contributed by atoms with Crippen LogP contribution in [0.2, 0.25) is 0 Å².